The molecular formula is C24H24N2O4. The number of nitrogens with zero attached hydrogens (tertiary/aromatic N) is 2. The van der Waals surface area contributed by atoms with Crippen LogP contribution in [0.3, 0.4) is 0 Å². The second-order valence-corrected chi connectivity index (χ2v) is 7.31. The summed E-state index contributed by atoms with van der Waals surface area (Å²) in [6.45, 7) is 3.32. The first-order valence-electron chi connectivity index (χ1n) is 10.1. The van der Waals surface area contributed by atoms with Crippen LogP contribution >= 0.6 is 0 Å². The zero-order valence-electron chi connectivity index (χ0n) is 16.9. The second-order valence-electron chi connectivity index (χ2n) is 7.31. The average molecular weight is 404 g/mol. The van der Waals surface area contributed by atoms with Gasteiger partial charge in [0.1, 0.15) is 17.9 Å². The third kappa shape index (κ3) is 4.90. The Morgan fingerprint density at radius 2 is 1.80 bits per heavy atom. The molecule has 2 unspecified atom stereocenters. The number of fused-ring (bicyclic) bond motifs is 1. The van der Waals surface area contributed by atoms with Gasteiger partial charge in [-0.15, -0.1) is 0 Å². The summed E-state index contributed by atoms with van der Waals surface area (Å²) < 4.78 is 10.8. The summed E-state index contributed by atoms with van der Waals surface area (Å²) in [5.74, 6) is -0.408. The first-order chi connectivity index (χ1) is 14.6. The third-order valence-electron chi connectivity index (χ3n) is 5.04. The lowest BCUT2D eigenvalue weighted by molar-refractivity contribution is -0.144. The summed E-state index contributed by atoms with van der Waals surface area (Å²) in [5.41, 5.74) is 2.27. The molecular weight excluding hydrogens is 380 g/mol. The maximum atomic E-state index is 12.8. The molecule has 1 saturated heterocycles. The van der Waals surface area contributed by atoms with Crippen LogP contribution in [0, 0.1) is 0 Å². The molecule has 2 heterocycles. The molecule has 0 spiro atoms. The predicted octanol–water partition coefficient (Wildman–Crippen LogP) is 3.25. The third-order valence-corrected chi connectivity index (χ3v) is 5.04. The number of epoxide rings is 1. The van der Waals surface area contributed by atoms with Gasteiger partial charge in [-0.1, -0.05) is 54.6 Å². The van der Waals surface area contributed by atoms with E-state index in [9.17, 15) is 9.59 Å². The Hall–Kier alpha value is -3.09. The van der Waals surface area contributed by atoms with Crippen molar-refractivity contribution in [3.05, 3.63) is 78.0 Å². The fourth-order valence-electron chi connectivity index (χ4n) is 3.53. The standard InChI is InChI=1S/C24H24N2O4/c1-2-29-22(27)16-26(14-17-8-4-3-5-9-17)15-21-24(30-21)23(28)20-13-12-18-10-6-7-11-19(18)25-20/h3-13,21,24H,2,14-16H2,1H3. The number of carbonyl (C=O) groups excluding carboxylic acids is 2. The van der Waals surface area contributed by atoms with E-state index in [1.165, 1.54) is 0 Å². The molecule has 6 nitrogen and oxygen atoms in total. The van der Waals surface area contributed by atoms with Crippen LogP contribution in [0.2, 0.25) is 0 Å². The van der Waals surface area contributed by atoms with E-state index in [-0.39, 0.29) is 24.4 Å². The number of carbonyl (C=O) groups is 2. The topological polar surface area (TPSA) is 72.0 Å². The van der Waals surface area contributed by atoms with Crippen molar-refractivity contribution in [3.63, 3.8) is 0 Å². The summed E-state index contributed by atoms with van der Waals surface area (Å²) in [4.78, 5) is 31.3. The molecule has 6 heteroatoms. The minimum absolute atomic E-state index is 0.124. The molecule has 0 aliphatic carbocycles. The molecule has 0 amide bonds. The molecule has 30 heavy (non-hydrogen) atoms. The Morgan fingerprint density at radius 1 is 1.03 bits per heavy atom. The van der Waals surface area contributed by atoms with Gasteiger partial charge >= 0.3 is 5.97 Å². The van der Waals surface area contributed by atoms with E-state index < -0.39 is 6.10 Å². The number of para-hydroxylation sites is 1. The monoisotopic (exact) mass is 404 g/mol. The predicted molar refractivity (Wildman–Crippen MR) is 113 cm³/mol. The molecule has 1 aliphatic rings. The van der Waals surface area contributed by atoms with Gasteiger partial charge < -0.3 is 9.47 Å². The lowest BCUT2D eigenvalue weighted by Gasteiger charge is -2.20. The number of Topliss-reactive ketones (excluding diaryl/α,β-unsaturated/α-hetero) is 1. The fourth-order valence-corrected chi connectivity index (χ4v) is 3.53. The molecule has 2 atom stereocenters. The van der Waals surface area contributed by atoms with Gasteiger partial charge in [-0.25, -0.2) is 4.98 Å². The Balaban J connectivity index is 1.42. The van der Waals surface area contributed by atoms with Gasteiger partial charge in [0.2, 0.25) is 5.78 Å². The van der Waals surface area contributed by atoms with Crippen molar-refractivity contribution < 1.29 is 19.1 Å². The average Bonchev–Trinajstić information content (AvgIpc) is 3.52. The molecule has 154 valence electrons. The number of ether oxygens (including phenoxy) is 2. The van der Waals surface area contributed by atoms with Crippen molar-refractivity contribution >= 4 is 22.7 Å². The van der Waals surface area contributed by atoms with Crippen LogP contribution in [0.1, 0.15) is 23.0 Å². The molecule has 0 N–H and O–H groups in total. The number of benzene rings is 2. The number of esters is 1. The van der Waals surface area contributed by atoms with Crippen molar-refractivity contribution in [2.45, 2.75) is 25.7 Å². The highest BCUT2D eigenvalue weighted by Crippen LogP contribution is 2.27. The van der Waals surface area contributed by atoms with E-state index in [2.05, 4.69) is 4.98 Å². The first kappa shape index (κ1) is 20.2. The van der Waals surface area contributed by atoms with Crippen molar-refractivity contribution in [2.75, 3.05) is 19.7 Å². The number of pyridine rings is 1. The zero-order valence-corrected chi connectivity index (χ0v) is 16.9. The fraction of sp³-hybridized carbons (Fsp3) is 0.292. The summed E-state index contributed by atoms with van der Waals surface area (Å²) in [7, 11) is 0. The van der Waals surface area contributed by atoms with Crippen LogP contribution in [0.15, 0.2) is 66.7 Å². The quantitative estimate of drug-likeness (QED) is 0.310. The number of aromatic nitrogens is 1. The summed E-state index contributed by atoms with van der Waals surface area (Å²) in [6.07, 6.45) is -0.789. The lowest BCUT2D eigenvalue weighted by Crippen LogP contribution is -2.34. The number of hydrogen-bond donors (Lipinski definition) is 0. The van der Waals surface area contributed by atoms with E-state index in [1.807, 2.05) is 65.6 Å². The van der Waals surface area contributed by atoms with Crippen LogP contribution in [0.25, 0.3) is 10.9 Å². The van der Waals surface area contributed by atoms with Crippen molar-refractivity contribution in [3.8, 4) is 0 Å². The zero-order chi connectivity index (χ0) is 20.9. The lowest BCUT2D eigenvalue weighted by atomic mass is 10.1. The van der Waals surface area contributed by atoms with Crippen molar-refractivity contribution in [2.24, 2.45) is 0 Å². The smallest absolute Gasteiger partial charge is 0.320 e. The van der Waals surface area contributed by atoms with Gasteiger partial charge in [0.05, 0.1) is 18.7 Å². The molecule has 0 radical (unpaired) electrons. The molecule has 4 rings (SSSR count). The van der Waals surface area contributed by atoms with E-state index in [0.717, 1.165) is 16.5 Å². The number of hydrogen-bond acceptors (Lipinski definition) is 6. The van der Waals surface area contributed by atoms with Crippen LogP contribution < -0.4 is 0 Å². The first-order valence-corrected chi connectivity index (χ1v) is 10.1. The van der Waals surface area contributed by atoms with E-state index in [0.29, 0.717) is 25.4 Å². The molecule has 2 aromatic carbocycles. The summed E-state index contributed by atoms with van der Waals surface area (Å²) in [6, 6.07) is 21.2. The number of rotatable bonds is 9. The number of ketones is 1. The van der Waals surface area contributed by atoms with Gasteiger partial charge in [-0.3, -0.25) is 14.5 Å². The Bertz CT molecular complexity index is 1040. The maximum absolute atomic E-state index is 12.8. The highest BCUT2D eigenvalue weighted by atomic mass is 16.6. The SMILES string of the molecule is CCOC(=O)CN(Cc1ccccc1)CC1OC1C(=O)c1ccc2ccccc2n1. The second kappa shape index (κ2) is 9.15. The van der Waals surface area contributed by atoms with Crippen LogP contribution in [0.4, 0.5) is 0 Å². The highest BCUT2D eigenvalue weighted by molar-refractivity contribution is 6.01. The van der Waals surface area contributed by atoms with Crippen molar-refractivity contribution in [1.82, 2.24) is 9.88 Å². The molecule has 3 aromatic rings. The van der Waals surface area contributed by atoms with Gasteiger partial charge in [0.25, 0.3) is 0 Å². The van der Waals surface area contributed by atoms with E-state index in [1.54, 1.807) is 13.0 Å². The molecule has 0 saturated carbocycles. The van der Waals surface area contributed by atoms with Crippen LogP contribution in [-0.2, 0) is 20.8 Å². The normalized spacial score (nSPS) is 17.8. The summed E-state index contributed by atoms with van der Waals surface area (Å²) in [5, 5.41) is 0.991. The highest BCUT2D eigenvalue weighted by Gasteiger charge is 2.46. The Morgan fingerprint density at radius 3 is 2.60 bits per heavy atom. The maximum Gasteiger partial charge on any atom is 0.320 e. The minimum Gasteiger partial charge on any atom is -0.465 e. The molecule has 1 aliphatic heterocycles. The Kier molecular flexibility index (Phi) is 6.16. The molecule has 1 fully saturated rings. The largest absolute Gasteiger partial charge is 0.465 e. The summed E-state index contributed by atoms with van der Waals surface area (Å²) >= 11 is 0. The van der Waals surface area contributed by atoms with Gasteiger partial charge in [-0.05, 0) is 24.6 Å². The van der Waals surface area contributed by atoms with Crippen LogP contribution in [-0.4, -0.2) is 53.5 Å². The van der Waals surface area contributed by atoms with E-state index >= 15 is 0 Å². The van der Waals surface area contributed by atoms with Crippen molar-refractivity contribution in [1.29, 1.82) is 0 Å². The van der Waals surface area contributed by atoms with E-state index in [4.69, 9.17) is 9.47 Å². The minimum atomic E-state index is -0.529. The Labute approximate surface area is 175 Å². The van der Waals surface area contributed by atoms with Gasteiger partial charge in [0, 0.05) is 18.5 Å². The van der Waals surface area contributed by atoms with Gasteiger partial charge in [0.15, 0.2) is 0 Å². The molecule has 1 aromatic heterocycles. The van der Waals surface area contributed by atoms with Gasteiger partial charge in [-0.2, -0.15) is 0 Å². The van der Waals surface area contributed by atoms with Crippen LogP contribution in [0.5, 0.6) is 0 Å². The molecule has 0 bridgehead atoms.